The van der Waals surface area contributed by atoms with Crippen LogP contribution in [-0.4, -0.2) is 46.5 Å². The number of aromatic hydroxyl groups is 1. The van der Waals surface area contributed by atoms with Gasteiger partial charge in [0.1, 0.15) is 12.0 Å². The molecule has 1 unspecified atom stereocenters. The van der Waals surface area contributed by atoms with E-state index in [4.69, 9.17) is 4.74 Å². The van der Waals surface area contributed by atoms with E-state index < -0.39 is 29.3 Å². The van der Waals surface area contributed by atoms with Crippen molar-refractivity contribution >= 4 is 18.1 Å². The number of hydrogen-bond donors (Lipinski definition) is 1. The van der Waals surface area contributed by atoms with Crippen LogP contribution >= 0.6 is 0 Å². The van der Waals surface area contributed by atoms with Crippen LogP contribution in [0.4, 0.5) is 4.39 Å². The van der Waals surface area contributed by atoms with Gasteiger partial charge in [0.2, 0.25) is 5.43 Å². The van der Waals surface area contributed by atoms with Crippen LogP contribution in [0, 0.1) is 5.82 Å². The Balaban J connectivity index is 1.67. The second-order valence-corrected chi connectivity index (χ2v) is 8.29. The fraction of sp³-hybridized carbons (Fsp3) is 0.200. The number of ether oxygens (including phenoxy) is 1. The molecule has 1 saturated heterocycles. The summed E-state index contributed by atoms with van der Waals surface area (Å²) in [6.07, 6.45) is 4.90. The largest absolute Gasteiger partial charge is 0.502 e. The van der Waals surface area contributed by atoms with Crippen molar-refractivity contribution in [1.29, 1.82) is 0 Å². The summed E-state index contributed by atoms with van der Waals surface area (Å²) in [6.45, 7) is 0.891. The molecule has 0 radical (unpaired) electrons. The summed E-state index contributed by atoms with van der Waals surface area (Å²) in [7, 11) is 0. The standard InChI is InChI=1S/C25H20FN3O4/c26-17-8-7-16-6-5-15-3-1-2-4-18(15)22(19(16)13-17)29-21-14-33-12-11-27(21)25(32)23-24(31)20(30)9-10-28(23)29/h1-10,13,21-22,31H,11-12,14H2/t21-,22?/m1/s1. The third-order valence-corrected chi connectivity index (χ3v) is 6.52. The molecule has 3 aromatic rings. The van der Waals surface area contributed by atoms with E-state index in [-0.39, 0.29) is 18.1 Å². The molecule has 2 aliphatic heterocycles. The SMILES string of the molecule is O=C1c2c(O)c(=O)ccn2N(C2c3ccccc3C=Cc3ccc(F)cc32)[C@@H]2COCCN12. The summed E-state index contributed by atoms with van der Waals surface area (Å²) in [5.41, 5.74) is 2.67. The highest BCUT2D eigenvalue weighted by atomic mass is 19.1. The van der Waals surface area contributed by atoms with Crippen LogP contribution < -0.4 is 10.4 Å². The maximum absolute atomic E-state index is 14.5. The lowest BCUT2D eigenvalue weighted by Gasteiger charge is -2.51. The smallest absolute Gasteiger partial charge is 0.278 e. The first-order valence-corrected chi connectivity index (χ1v) is 10.7. The van der Waals surface area contributed by atoms with Crippen molar-refractivity contribution in [3.8, 4) is 5.75 Å². The van der Waals surface area contributed by atoms with E-state index >= 15 is 0 Å². The van der Waals surface area contributed by atoms with Gasteiger partial charge in [-0.25, -0.2) is 4.39 Å². The Morgan fingerprint density at radius 1 is 1.00 bits per heavy atom. The first-order valence-electron chi connectivity index (χ1n) is 10.7. The van der Waals surface area contributed by atoms with Crippen molar-refractivity contribution in [3.05, 3.63) is 98.7 Å². The molecule has 0 bridgehead atoms. The predicted molar refractivity (Wildman–Crippen MR) is 120 cm³/mol. The number of carbonyl (C=O) groups is 1. The average Bonchev–Trinajstić information content (AvgIpc) is 2.98. The number of hydrogen-bond acceptors (Lipinski definition) is 5. The third kappa shape index (κ3) is 2.91. The predicted octanol–water partition coefficient (Wildman–Crippen LogP) is 2.72. The molecule has 3 aliphatic rings. The zero-order valence-corrected chi connectivity index (χ0v) is 17.5. The minimum atomic E-state index is -0.629. The topological polar surface area (TPSA) is 75.0 Å². The highest BCUT2D eigenvalue weighted by Crippen LogP contribution is 2.40. The van der Waals surface area contributed by atoms with Gasteiger partial charge in [0.05, 0.1) is 19.3 Å². The average molecular weight is 445 g/mol. The summed E-state index contributed by atoms with van der Waals surface area (Å²) in [6, 6.07) is 13.2. The first kappa shape index (κ1) is 19.8. The maximum Gasteiger partial charge on any atom is 0.278 e. The fourth-order valence-electron chi connectivity index (χ4n) is 5.01. The van der Waals surface area contributed by atoms with Crippen molar-refractivity contribution in [2.45, 2.75) is 12.2 Å². The van der Waals surface area contributed by atoms with E-state index in [0.29, 0.717) is 18.7 Å². The molecule has 1 fully saturated rings. The summed E-state index contributed by atoms with van der Waals surface area (Å²) in [4.78, 5) is 27.2. The van der Waals surface area contributed by atoms with Gasteiger partial charge in [0.15, 0.2) is 11.4 Å². The lowest BCUT2D eigenvalue weighted by molar-refractivity contribution is -0.0197. The van der Waals surface area contributed by atoms with E-state index in [9.17, 15) is 19.1 Å². The Morgan fingerprint density at radius 2 is 1.79 bits per heavy atom. The molecule has 1 amide bonds. The number of carbonyl (C=O) groups excluding carboxylic acids is 1. The second kappa shape index (κ2) is 7.31. The summed E-state index contributed by atoms with van der Waals surface area (Å²) in [5, 5.41) is 12.5. The van der Waals surface area contributed by atoms with Gasteiger partial charge < -0.3 is 14.7 Å². The zero-order chi connectivity index (χ0) is 22.7. The Labute approximate surface area is 188 Å². The molecule has 1 aromatic heterocycles. The maximum atomic E-state index is 14.5. The van der Waals surface area contributed by atoms with Crippen molar-refractivity contribution in [2.24, 2.45) is 0 Å². The van der Waals surface area contributed by atoms with Crippen LogP contribution in [0.3, 0.4) is 0 Å². The molecule has 8 heteroatoms. The Morgan fingerprint density at radius 3 is 2.64 bits per heavy atom. The monoisotopic (exact) mass is 445 g/mol. The fourth-order valence-corrected chi connectivity index (χ4v) is 5.01. The highest BCUT2D eigenvalue weighted by Gasteiger charge is 2.45. The van der Waals surface area contributed by atoms with Gasteiger partial charge >= 0.3 is 0 Å². The molecule has 0 saturated carbocycles. The molecule has 6 rings (SSSR count). The molecule has 3 heterocycles. The molecule has 7 nitrogen and oxygen atoms in total. The molecule has 1 N–H and O–H groups in total. The normalized spacial score (nSPS) is 21.1. The lowest BCUT2D eigenvalue weighted by atomic mass is 9.92. The minimum Gasteiger partial charge on any atom is -0.502 e. The Kier molecular flexibility index (Phi) is 4.38. The molecule has 2 atom stereocenters. The van der Waals surface area contributed by atoms with Crippen LogP contribution in [0.1, 0.15) is 38.8 Å². The van der Waals surface area contributed by atoms with Crippen LogP contribution in [0.15, 0.2) is 59.5 Å². The molecule has 2 aromatic carbocycles. The number of benzene rings is 2. The molecule has 166 valence electrons. The minimum absolute atomic E-state index is 0.103. The summed E-state index contributed by atoms with van der Waals surface area (Å²) < 4.78 is 21.8. The Hall–Kier alpha value is -3.91. The number of pyridine rings is 1. The van der Waals surface area contributed by atoms with Gasteiger partial charge in [-0.2, -0.15) is 0 Å². The van der Waals surface area contributed by atoms with Crippen LogP contribution in [-0.2, 0) is 4.74 Å². The Bertz CT molecular complexity index is 1380. The van der Waals surface area contributed by atoms with Crippen molar-refractivity contribution < 1.29 is 19.0 Å². The van der Waals surface area contributed by atoms with Gasteiger partial charge in [0.25, 0.3) is 5.91 Å². The number of amides is 1. The number of aromatic nitrogens is 1. The first-order chi connectivity index (χ1) is 16.0. The van der Waals surface area contributed by atoms with Crippen molar-refractivity contribution in [1.82, 2.24) is 9.58 Å². The number of fused-ring (bicyclic) bond motifs is 4. The molecule has 33 heavy (non-hydrogen) atoms. The quantitative estimate of drug-likeness (QED) is 0.624. The van der Waals surface area contributed by atoms with Gasteiger partial charge in [-0.3, -0.25) is 19.3 Å². The number of morpholine rings is 1. The van der Waals surface area contributed by atoms with Crippen LogP contribution in [0.5, 0.6) is 5.75 Å². The van der Waals surface area contributed by atoms with E-state index in [1.165, 1.54) is 29.1 Å². The number of nitrogens with zero attached hydrogens (tertiary/aromatic N) is 3. The summed E-state index contributed by atoms with van der Waals surface area (Å²) in [5.74, 6) is -1.41. The van der Waals surface area contributed by atoms with Gasteiger partial charge in [-0.05, 0) is 34.4 Å². The van der Waals surface area contributed by atoms with Gasteiger partial charge in [0, 0.05) is 18.8 Å². The third-order valence-electron chi connectivity index (χ3n) is 6.52. The van der Waals surface area contributed by atoms with Gasteiger partial charge in [-0.1, -0.05) is 42.5 Å². The van der Waals surface area contributed by atoms with Crippen LogP contribution in [0.25, 0.3) is 12.2 Å². The van der Waals surface area contributed by atoms with Crippen LogP contribution in [0.2, 0.25) is 0 Å². The van der Waals surface area contributed by atoms with E-state index in [1.54, 1.807) is 11.0 Å². The lowest BCUT2D eigenvalue weighted by Crippen LogP contribution is -2.66. The number of halogens is 1. The molecule has 1 aliphatic carbocycles. The van der Waals surface area contributed by atoms with E-state index in [2.05, 4.69) is 0 Å². The molecular weight excluding hydrogens is 425 g/mol. The highest BCUT2D eigenvalue weighted by molar-refractivity contribution is 5.96. The summed E-state index contributed by atoms with van der Waals surface area (Å²) >= 11 is 0. The van der Waals surface area contributed by atoms with E-state index in [0.717, 1.165) is 16.7 Å². The number of rotatable bonds is 1. The van der Waals surface area contributed by atoms with Crippen molar-refractivity contribution in [3.63, 3.8) is 0 Å². The molecular formula is C25H20FN3O4. The zero-order valence-electron chi connectivity index (χ0n) is 17.5. The van der Waals surface area contributed by atoms with Gasteiger partial charge in [-0.15, -0.1) is 0 Å². The second-order valence-electron chi connectivity index (χ2n) is 8.29. The molecule has 0 spiro atoms. The van der Waals surface area contributed by atoms with Crippen molar-refractivity contribution in [2.75, 3.05) is 24.8 Å². The van der Waals surface area contributed by atoms with E-state index in [1.807, 2.05) is 41.4 Å².